The minimum absolute atomic E-state index is 0.0125. The van der Waals surface area contributed by atoms with E-state index in [-0.39, 0.29) is 17.8 Å². The molecule has 4 rings (SSSR count). The van der Waals surface area contributed by atoms with Gasteiger partial charge in [-0.15, -0.1) is 0 Å². The Morgan fingerprint density at radius 2 is 1.97 bits per heavy atom. The Labute approximate surface area is 183 Å². The molecule has 168 valence electrons. The second kappa shape index (κ2) is 8.31. The highest BCUT2D eigenvalue weighted by Crippen LogP contribution is 2.44. The van der Waals surface area contributed by atoms with E-state index in [4.69, 9.17) is 0 Å². The van der Waals surface area contributed by atoms with Crippen molar-refractivity contribution in [1.82, 2.24) is 9.78 Å². The second-order valence-electron chi connectivity index (χ2n) is 8.01. The Morgan fingerprint density at radius 3 is 2.62 bits per heavy atom. The Bertz CT molecular complexity index is 1120. The molecule has 0 aliphatic carbocycles. The predicted molar refractivity (Wildman–Crippen MR) is 115 cm³/mol. The van der Waals surface area contributed by atoms with Crippen molar-refractivity contribution in [3.63, 3.8) is 0 Å². The molecule has 1 aromatic heterocycles. The monoisotopic (exact) mass is 444 g/mol. The number of halogens is 3. The van der Waals surface area contributed by atoms with Crippen molar-refractivity contribution in [2.75, 3.05) is 10.6 Å². The van der Waals surface area contributed by atoms with Gasteiger partial charge in [0.2, 0.25) is 0 Å². The minimum atomic E-state index is -4.52. The number of carbonyl (C=O) groups is 1. The fourth-order valence-electron chi connectivity index (χ4n) is 3.82. The van der Waals surface area contributed by atoms with Crippen molar-refractivity contribution in [3.05, 3.63) is 77.0 Å². The molecule has 0 saturated heterocycles. The van der Waals surface area contributed by atoms with Gasteiger partial charge in [0.25, 0.3) is 5.91 Å². The fraction of sp³-hybridized carbons (Fsp3) is 0.304. The van der Waals surface area contributed by atoms with Crippen LogP contribution in [0, 0.1) is 6.92 Å². The predicted octanol–water partition coefficient (Wildman–Crippen LogP) is 5.16. The number of aliphatic hydroxyl groups excluding tert-OH is 1. The first kappa shape index (κ1) is 21.9. The first-order chi connectivity index (χ1) is 15.1. The lowest BCUT2D eigenvalue weighted by molar-refractivity contribution is -0.173. The van der Waals surface area contributed by atoms with Crippen molar-refractivity contribution in [2.24, 2.45) is 0 Å². The van der Waals surface area contributed by atoms with E-state index >= 15 is 0 Å². The summed E-state index contributed by atoms with van der Waals surface area (Å²) in [5.41, 5.74) is 2.74. The maximum absolute atomic E-state index is 13.8. The molecule has 3 N–H and O–H groups in total. The second-order valence-corrected chi connectivity index (χ2v) is 8.01. The number of amides is 1. The van der Waals surface area contributed by atoms with E-state index in [0.29, 0.717) is 16.8 Å². The summed E-state index contributed by atoms with van der Waals surface area (Å²) in [5, 5.41) is 19.4. The zero-order valence-electron chi connectivity index (χ0n) is 17.5. The molecule has 1 aliphatic heterocycles. The summed E-state index contributed by atoms with van der Waals surface area (Å²) in [5.74, 6) is -0.569. The highest BCUT2D eigenvalue weighted by molar-refractivity contribution is 6.07. The number of hydrogen-bond acceptors (Lipinski definition) is 4. The van der Waals surface area contributed by atoms with Crippen molar-refractivity contribution in [2.45, 2.75) is 44.6 Å². The van der Waals surface area contributed by atoms with Crippen LogP contribution in [-0.4, -0.2) is 27.0 Å². The number of aromatic nitrogens is 2. The summed E-state index contributed by atoms with van der Waals surface area (Å²) >= 11 is 0. The van der Waals surface area contributed by atoms with Crippen LogP contribution in [0.5, 0.6) is 0 Å². The number of nitrogens with one attached hydrogen (secondary N) is 2. The van der Waals surface area contributed by atoms with E-state index in [1.165, 1.54) is 0 Å². The summed E-state index contributed by atoms with van der Waals surface area (Å²) in [7, 11) is 0. The molecule has 2 aromatic carbocycles. The topological polar surface area (TPSA) is 79.2 Å². The first-order valence-electron chi connectivity index (χ1n) is 10.2. The average molecular weight is 444 g/mol. The molecule has 6 nitrogen and oxygen atoms in total. The molecule has 9 heteroatoms. The maximum Gasteiger partial charge on any atom is 0.410 e. The number of nitrogens with zero attached hydrogens (tertiary/aromatic N) is 2. The Morgan fingerprint density at radius 1 is 1.25 bits per heavy atom. The maximum atomic E-state index is 13.8. The van der Waals surface area contributed by atoms with Gasteiger partial charge in [-0.3, -0.25) is 4.79 Å². The van der Waals surface area contributed by atoms with Crippen LogP contribution >= 0.6 is 0 Å². The van der Waals surface area contributed by atoms with Crippen molar-refractivity contribution < 1.29 is 23.1 Å². The molecule has 0 saturated carbocycles. The third kappa shape index (κ3) is 4.34. The van der Waals surface area contributed by atoms with E-state index in [2.05, 4.69) is 15.7 Å². The van der Waals surface area contributed by atoms with Crippen LogP contribution in [0.4, 0.5) is 24.7 Å². The molecule has 32 heavy (non-hydrogen) atoms. The molecule has 1 aliphatic rings. The largest absolute Gasteiger partial charge is 0.410 e. The van der Waals surface area contributed by atoms with Gasteiger partial charge in [-0.05, 0) is 37.1 Å². The van der Waals surface area contributed by atoms with Crippen molar-refractivity contribution in [3.8, 4) is 0 Å². The Hall–Kier alpha value is -3.33. The number of aliphatic hydroxyl groups is 1. The number of alkyl halides is 3. The Balaban J connectivity index is 1.67. The molecule has 0 radical (unpaired) electrons. The summed E-state index contributed by atoms with van der Waals surface area (Å²) in [6.45, 7) is 3.50. The van der Waals surface area contributed by atoms with Crippen LogP contribution in [0.1, 0.15) is 58.6 Å². The smallest absolute Gasteiger partial charge is 0.389 e. The minimum Gasteiger partial charge on any atom is -0.389 e. The van der Waals surface area contributed by atoms with Crippen LogP contribution in [0.3, 0.4) is 0 Å². The van der Waals surface area contributed by atoms with Gasteiger partial charge in [-0.1, -0.05) is 42.0 Å². The lowest BCUT2D eigenvalue weighted by Crippen LogP contribution is -2.36. The summed E-state index contributed by atoms with van der Waals surface area (Å²) in [6, 6.07) is 11.4. The highest BCUT2D eigenvalue weighted by atomic mass is 19.4. The highest BCUT2D eigenvalue weighted by Gasteiger charge is 2.47. The van der Waals surface area contributed by atoms with E-state index in [1.54, 1.807) is 43.3 Å². The van der Waals surface area contributed by atoms with Crippen molar-refractivity contribution >= 4 is 17.4 Å². The third-order valence-electron chi connectivity index (χ3n) is 5.59. The zero-order chi connectivity index (χ0) is 23.0. The summed E-state index contributed by atoms with van der Waals surface area (Å²) in [4.78, 5) is 12.9. The van der Waals surface area contributed by atoms with Crippen LogP contribution in [-0.2, 0) is 0 Å². The van der Waals surface area contributed by atoms with E-state index in [0.717, 1.165) is 16.4 Å². The van der Waals surface area contributed by atoms with Gasteiger partial charge in [0, 0.05) is 12.1 Å². The molecule has 0 fully saturated rings. The molecule has 3 atom stereocenters. The van der Waals surface area contributed by atoms with Crippen LogP contribution in [0.2, 0.25) is 0 Å². The van der Waals surface area contributed by atoms with Gasteiger partial charge in [0.05, 0.1) is 18.3 Å². The number of benzene rings is 2. The van der Waals surface area contributed by atoms with Gasteiger partial charge in [0.1, 0.15) is 11.4 Å². The molecule has 2 heterocycles. The molecule has 3 unspecified atom stereocenters. The summed E-state index contributed by atoms with van der Waals surface area (Å²) < 4.78 is 42.4. The molecule has 0 bridgehead atoms. The van der Waals surface area contributed by atoms with Gasteiger partial charge in [0.15, 0.2) is 6.04 Å². The first-order valence-corrected chi connectivity index (χ1v) is 10.2. The standard InChI is InChI=1S/C23H23F3N4O2/c1-13-6-8-15(9-7-13)19-11-20(23(24,25)26)30-21(29-19)18(12-27-30)22(32)28-17-5-3-4-16(10-17)14(2)31/h3-10,12,14,19-20,29,31H,11H2,1-2H3,(H,28,32). The zero-order valence-corrected chi connectivity index (χ0v) is 17.5. The van der Waals surface area contributed by atoms with Gasteiger partial charge in [-0.2, -0.15) is 18.3 Å². The average Bonchev–Trinajstić information content (AvgIpc) is 3.17. The van der Waals surface area contributed by atoms with Gasteiger partial charge < -0.3 is 15.7 Å². The quantitative estimate of drug-likeness (QED) is 0.520. The molecule has 1 amide bonds. The van der Waals surface area contributed by atoms with Crippen molar-refractivity contribution in [1.29, 1.82) is 0 Å². The van der Waals surface area contributed by atoms with Gasteiger partial charge >= 0.3 is 6.18 Å². The van der Waals surface area contributed by atoms with E-state index in [9.17, 15) is 23.1 Å². The SMILES string of the molecule is Cc1ccc(C2CC(C(F)(F)F)n3ncc(C(=O)Nc4cccc(C(C)O)c4)c3N2)cc1. The van der Waals surface area contributed by atoms with Crippen LogP contribution in [0.25, 0.3) is 0 Å². The van der Waals surface area contributed by atoms with Crippen LogP contribution in [0.15, 0.2) is 54.7 Å². The third-order valence-corrected chi connectivity index (χ3v) is 5.59. The lowest BCUT2D eigenvalue weighted by Gasteiger charge is -2.34. The van der Waals surface area contributed by atoms with E-state index < -0.39 is 30.3 Å². The normalized spacial score (nSPS) is 19.1. The number of carbonyl (C=O) groups excluding carboxylic acids is 1. The van der Waals surface area contributed by atoms with Gasteiger partial charge in [-0.25, -0.2) is 4.68 Å². The number of fused-ring (bicyclic) bond motifs is 1. The number of anilines is 2. The Kier molecular flexibility index (Phi) is 5.68. The van der Waals surface area contributed by atoms with E-state index in [1.807, 2.05) is 19.1 Å². The number of hydrogen-bond donors (Lipinski definition) is 3. The number of rotatable bonds is 4. The molecular formula is C23H23F3N4O2. The molecular weight excluding hydrogens is 421 g/mol. The molecule has 0 spiro atoms. The summed E-state index contributed by atoms with van der Waals surface area (Å²) in [6.07, 6.45) is -4.34. The van der Waals surface area contributed by atoms with Crippen LogP contribution < -0.4 is 10.6 Å². The molecule has 3 aromatic rings. The number of aryl methyl sites for hydroxylation is 1. The lowest BCUT2D eigenvalue weighted by atomic mass is 9.96. The fourth-order valence-corrected chi connectivity index (χ4v) is 3.82.